The van der Waals surface area contributed by atoms with Crippen LogP contribution in [0.1, 0.15) is 0 Å². The van der Waals surface area contributed by atoms with Crippen LogP contribution < -0.4 is 4.90 Å². The van der Waals surface area contributed by atoms with Gasteiger partial charge in [-0.15, -0.1) is 0 Å². The molecule has 0 aliphatic rings. The maximum absolute atomic E-state index is 2.44. The highest BCUT2D eigenvalue weighted by atomic mass is 15.1. The molecule has 0 aliphatic heterocycles. The molecule has 0 amide bonds. The lowest BCUT2D eigenvalue weighted by Crippen LogP contribution is -2.11. The minimum absolute atomic E-state index is 1.07. The van der Waals surface area contributed by atoms with Gasteiger partial charge in [0.25, 0.3) is 0 Å². The third-order valence-corrected chi connectivity index (χ3v) is 13.0. The van der Waals surface area contributed by atoms with Gasteiger partial charge in [0.05, 0.1) is 16.7 Å². The Bertz CT molecular complexity index is 3690. The van der Waals surface area contributed by atoms with Gasteiger partial charge in [0.1, 0.15) is 0 Å². The standard InChI is InChI=1S/C64H44N2/c1-3-20-45(21-4-1)54-29-9-10-30-56(54)57-31-11-12-32-58(57)59-33-13-15-38-62(59)65(50-42-40-47(41-43-50)53-35-18-23-46-22-7-8-28-52(46)53)51-27-17-24-48(44-51)55-36-19-37-61-60-34-14-16-39-63(60)66(64(55)61)49-25-5-2-6-26-49/h1-44H. The Labute approximate surface area is 385 Å². The van der Waals surface area contributed by atoms with Crippen molar-refractivity contribution in [3.05, 3.63) is 267 Å². The molecule has 0 fully saturated rings. The van der Waals surface area contributed by atoms with Gasteiger partial charge in [-0.05, 0) is 104 Å². The summed E-state index contributed by atoms with van der Waals surface area (Å²) in [7, 11) is 0. The van der Waals surface area contributed by atoms with Crippen molar-refractivity contribution >= 4 is 49.6 Å². The summed E-state index contributed by atoms with van der Waals surface area (Å²) in [6.07, 6.45) is 0. The third kappa shape index (κ3) is 6.84. The molecule has 2 heteroatoms. The van der Waals surface area contributed by atoms with Crippen molar-refractivity contribution in [1.29, 1.82) is 0 Å². The maximum atomic E-state index is 2.44. The van der Waals surface area contributed by atoms with Crippen LogP contribution in [0.4, 0.5) is 17.1 Å². The van der Waals surface area contributed by atoms with Gasteiger partial charge in [-0.25, -0.2) is 0 Å². The summed E-state index contributed by atoms with van der Waals surface area (Å²) in [6.45, 7) is 0. The molecule has 310 valence electrons. The minimum Gasteiger partial charge on any atom is -0.310 e. The van der Waals surface area contributed by atoms with Crippen LogP contribution in [-0.4, -0.2) is 4.57 Å². The van der Waals surface area contributed by atoms with E-state index in [1.54, 1.807) is 0 Å². The van der Waals surface area contributed by atoms with E-state index >= 15 is 0 Å². The Balaban J connectivity index is 1.06. The molecule has 0 bridgehead atoms. The zero-order valence-corrected chi connectivity index (χ0v) is 36.3. The Morgan fingerprint density at radius 2 is 0.773 bits per heavy atom. The molecule has 0 saturated carbocycles. The molecule has 0 saturated heterocycles. The lowest BCUT2D eigenvalue weighted by Gasteiger charge is -2.29. The molecule has 1 aromatic heterocycles. The van der Waals surface area contributed by atoms with Crippen LogP contribution in [0.3, 0.4) is 0 Å². The first-order valence-electron chi connectivity index (χ1n) is 22.7. The predicted octanol–water partition coefficient (Wildman–Crippen LogP) is 17.7. The Morgan fingerprint density at radius 1 is 0.273 bits per heavy atom. The van der Waals surface area contributed by atoms with E-state index in [0.29, 0.717) is 0 Å². The zero-order chi connectivity index (χ0) is 43.8. The molecule has 0 aliphatic carbocycles. The van der Waals surface area contributed by atoms with Crippen LogP contribution in [0.5, 0.6) is 0 Å². The Morgan fingerprint density at radius 3 is 1.56 bits per heavy atom. The number of benzene rings is 11. The fourth-order valence-electron chi connectivity index (χ4n) is 10.0. The molecule has 0 N–H and O–H groups in total. The summed E-state index contributed by atoms with van der Waals surface area (Å²) < 4.78 is 2.43. The van der Waals surface area contributed by atoms with Gasteiger partial charge in [0, 0.05) is 39.0 Å². The lowest BCUT2D eigenvalue weighted by molar-refractivity contribution is 1.18. The summed E-state index contributed by atoms with van der Waals surface area (Å²) >= 11 is 0. The molecule has 11 aromatic carbocycles. The van der Waals surface area contributed by atoms with Crippen molar-refractivity contribution in [3.63, 3.8) is 0 Å². The highest BCUT2D eigenvalue weighted by molar-refractivity contribution is 6.14. The summed E-state index contributed by atoms with van der Waals surface area (Å²) in [6, 6.07) is 96.9. The molecule has 0 spiro atoms. The monoisotopic (exact) mass is 840 g/mol. The lowest BCUT2D eigenvalue weighted by atomic mass is 9.88. The van der Waals surface area contributed by atoms with Gasteiger partial charge in [0.2, 0.25) is 0 Å². The van der Waals surface area contributed by atoms with Crippen molar-refractivity contribution in [2.24, 2.45) is 0 Å². The first-order chi connectivity index (χ1) is 32.8. The van der Waals surface area contributed by atoms with E-state index < -0.39 is 0 Å². The molecular formula is C64H44N2. The van der Waals surface area contributed by atoms with Crippen LogP contribution >= 0.6 is 0 Å². The van der Waals surface area contributed by atoms with E-state index in [4.69, 9.17) is 0 Å². The molecular weight excluding hydrogens is 797 g/mol. The van der Waals surface area contributed by atoms with E-state index in [1.807, 2.05) is 0 Å². The van der Waals surface area contributed by atoms with E-state index in [-0.39, 0.29) is 0 Å². The second-order valence-electron chi connectivity index (χ2n) is 16.8. The minimum atomic E-state index is 1.07. The van der Waals surface area contributed by atoms with E-state index in [2.05, 4.69) is 276 Å². The largest absolute Gasteiger partial charge is 0.310 e. The zero-order valence-electron chi connectivity index (χ0n) is 36.3. The second kappa shape index (κ2) is 16.8. The first kappa shape index (κ1) is 38.9. The van der Waals surface area contributed by atoms with Crippen LogP contribution in [0.2, 0.25) is 0 Å². The fourth-order valence-corrected chi connectivity index (χ4v) is 10.0. The Hall–Kier alpha value is -8.72. The van der Waals surface area contributed by atoms with E-state index in [1.165, 1.54) is 77.1 Å². The number of nitrogens with zero attached hydrogens (tertiary/aromatic N) is 2. The highest BCUT2D eigenvalue weighted by Crippen LogP contribution is 2.47. The maximum Gasteiger partial charge on any atom is 0.0619 e. The SMILES string of the molecule is c1ccc(-c2ccccc2-c2ccccc2-c2ccccc2N(c2ccc(-c3cccc4ccccc34)cc2)c2cccc(-c3cccc4c5ccccc5n(-c5ccccc5)c34)c2)cc1. The normalized spacial score (nSPS) is 11.3. The van der Waals surface area contributed by atoms with Crippen molar-refractivity contribution < 1.29 is 0 Å². The third-order valence-electron chi connectivity index (χ3n) is 13.0. The van der Waals surface area contributed by atoms with Crippen LogP contribution in [0.25, 0.3) is 93.9 Å². The van der Waals surface area contributed by atoms with E-state index in [0.717, 1.165) is 33.9 Å². The van der Waals surface area contributed by atoms with E-state index in [9.17, 15) is 0 Å². The average Bonchev–Trinajstić information content (AvgIpc) is 3.74. The highest BCUT2D eigenvalue weighted by Gasteiger charge is 2.22. The second-order valence-corrected chi connectivity index (χ2v) is 16.8. The van der Waals surface area contributed by atoms with Gasteiger partial charge in [-0.2, -0.15) is 0 Å². The van der Waals surface area contributed by atoms with Gasteiger partial charge < -0.3 is 9.47 Å². The quantitative estimate of drug-likeness (QED) is 0.141. The summed E-state index contributed by atoms with van der Waals surface area (Å²) in [5, 5.41) is 4.96. The predicted molar refractivity (Wildman–Crippen MR) is 280 cm³/mol. The average molecular weight is 841 g/mol. The smallest absolute Gasteiger partial charge is 0.0619 e. The number of fused-ring (bicyclic) bond motifs is 4. The molecule has 12 aromatic rings. The number of rotatable bonds is 9. The number of para-hydroxylation sites is 4. The van der Waals surface area contributed by atoms with Crippen molar-refractivity contribution in [3.8, 4) is 61.3 Å². The number of hydrogen-bond acceptors (Lipinski definition) is 1. The summed E-state index contributed by atoms with van der Waals surface area (Å²) in [5.41, 5.74) is 18.6. The van der Waals surface area contributed by atoms with Crippen molar-refractivity contribution in [1.82, 2.24) is 4.57 Å². The Kier molecular flexibility index (Phi) is 9.89. The molecule has 0 radical (unpaired) electrons. The number of aromatic nitrogens is 1. The summed E-state index contributed by atoms with van der Waals surface area (Å²) in [5.74, 6) is 0. The molecule has 12 rings (SSSR count). The summed E-state index contributed by atoms with van der Waals surface area (Å²) in [4.78, 5) is 2.44. The molecule has 1 heterocycles. The molecule has 0 unspecified atom stereocenters. The van der Waals surface area contributed by atoms with Crippen LogP contribution in [0, 0.1) is 0 Å². The topological polar surface area (TPSA) is 8.17 Å². The van der Waals surface area contributed by atoms with Crippen LogP contribution in [0.15, 0.2) is 267 Å². The molecule has 2 nitrogen and oxygen atoms in total. The number of hydrogen-bond donors (Lipinski definition) is 0. The molecule has 66 heavy (non-hydrogen) atoms. The van der Waals surface area contributed by atoms with Crippen molar-refractivity contribution in [2.75, 3.05) is 4.90 Å². The fraction of sp³-hybridized carbons (Fsp3) is 0. The first-order valence-corrected chi connectivity index (χ1v) is 22.7. The van der Waals surface area contributed by atoms with Gasteiger partial charge >= 0.3 is 0 Å². The van der Waals surface area contributed by atoms with Crippen molar-refractivity contribution in [2.45, 2.75) is 0 Å². The number of anilines is 3. The van der Waals surface area contributed by atoms with Gasteiger partial charge in [-0.1, -0.05) is 218 Å². The van der Waals surface area contributed by atoms with Gasteiger partial charge in [0.15, 0.2) is 0 Å². The molecule has 0 atom stereocenters. The van der Waals surface area contributed by atoms with Crippen LogP contribution in [-0.2, 0) is 0 Å². The van der Waals surface area contributed by atoms with Gasteiger partial charge in [-0.3, -0.25) is 0 Å².